The molecule has 3 nitrogen and oxygen atoms in total. The average molecular weight is 222 g/mol. The number of nitrogen functional groups attached to an aromatic ring is 1. The predicted octanol–water partition coefficient (Wildman–Crippen LogP) is 3.13. The van der Waals surface area contributed by atoms with Gasteiger partial charge < -0.3 is 15.8 Å². The van der Waals surface area contributed by atoms with E-state index in [-0.39, 0.29) is 0 Å². The zero-order valence-electron chi connectivity index (χ0n) is 10.4. The van der Waals surface area contributed by atoms with E-state index >= 15 is 0 Å². The average Bonchev–Trinajstić information content (AvgIpc) is 2.32. The van der Waals surface area contributed by atoms with Crippen molar-refractivity contribution in [2.24, 2.45) is 5.92 Å². The van der Waals surface area contributed by atoms with Gasteiger partial charge in [-0.3, -0.25) is 0 Å². The highest BCUT2D eigenvalue weighted by atomic mass is 16.5. The normalized spacial score (nSPS) is 10.5. The van der Waals surface area contributed by atoms with Gasteiger partial charge in [-0.25, -0.2) is 0 Å². The van der Waals surface area contributed by atoms with E-state index in [2.05, 4.69) is 19.2 Å². The first-order chi connectivity index (χ1) is 7.71. The van der Waals surface area contributed by atoms with Gasteiger partial charge in [0.25, 0.3) is 0 Å². The molecular formula is C13H22N2O. The van der Waals surface area contributed by atoms with Crippen LogP contribution in [0.15, 0.2) is 18.2 Å². The van der Waals surface area contributed by atoms with Gasteiger partial charge in [0, 0.05) is 18.3 Å². The highest BCUT2D eigenvalue weighted by Crippen LogP contribution is 2.25. The summed E-state index contributed by atoms with van der Waals surface area (Å²) >= 11 is 0. The molecule has 16 heavy (non-hydrogen) atoms. The van der Waals surface area contributed by atoms with E-state index in [1.807, 2.05) is 18.2 Å². The van der Waals surface area contributed by atoms with Crippen molar-refractivity contribution < 1.29 is 4.74 Å². The van der Waals surface area contributed by atoms with Crippen LogP contribution in [-0.4, -0.2) is 13.7 Å². The van der Waals surface area contributed by atoms with Gasteiger partial charge in [-0.1, -0.05) is 26.7 Å². The highest BCUT2D eigenvalue weighted by molar-refractivity contribution is 5.61. The molecule has 0 bridgehead atoms. The Bertz CT molecular complexity index is 322. The summed E-state index contributed by atoms with van der Waals surface area (Å²) in [7, 11) is 1.64. The van der Waals surface area contributed by atoms with Crippen LogP contribution < -0.4 is 15.8 Å². The van der Waals surface area contributed by atoms with Crippen molar-refractivity contribution in [2.45, 2.75) is 26.7 Å². The Kier molecular flexibility index (Phi) is 4.96. The Labute approximate surface area is 98.0 Å². The van der Waals surface area contributed by atoms with Crippen molar-refractivity contribution in [3.63, 3.8) is 0 Å². The molecule has 0 heterocycles. The standard InChI is InChI=1S/C13H22N2O/c1-4-10(5-2)9-15-11-6-7-12(14)13(8-11)16-3/h6-8,10,15H,4-5,9,14H2,1-3H3. The molecule has 0 radical (unpaired) electrons. The van der Waals surface area contributed by atoms with E-state index in [0.29, 0.717) is 5.69 Å². The summed E-state index contributed by atoms with van der Waals surface area (Å²) < 4.78 is 5.18. The third-order valence-corrected chi connectivity index (χ3v) is 2.98. The molecule has 0 atom stereocenters. The van der Waals surface area contributed by atoms with Gasteiger partial charge in [-0.15, -0.1) is 0 Å². The molecule has 0 aliphatic rings. The summed E-state index contributed by atoms with van der Waals surface area (Å²) in [5.74, 6) is 1.46. The minimum Gasteiger partial charge on any atom is -0.495 e. The maximum atomic E-state index is 5.76. The van der Waals surface area contributed by atoms with Crippen molar-refractivity contribution >= 4 is 11.4 Å². The molecule has 0 aromatic heterocycles. The van der Waals surface area contributed by atoms with Gasteiger partial charge in [0.2, 0.25) is 0 Å². The number of ether oxygens (including phenoxy) is 1. The van der Waals surface area contributed by atoms with E-state index in [0.717, 1.165) is 23.9 Å². The zero-order valence-corrected chi connectivity index (χ0v) is 10.4. The molecular weight excluding hydrogens is 200 g/mol. The summed E-state index contributed by atoms with van der Waals surface area (Å²) in [6.45, 7) is 5.44. The number of rotatable bonds is 6. The molecule has 90 valence electrons. The van der Waals surface area contributed by atoms with Gasteiger partial charge in [0.05, 0.1) is 12.8 Å². The Balaban J connectivity index is 2.60. The number of hydrogen-bond donors (Lipinski definition) is 2. The van der Waals surface area contributed by atoms with Crippen molar-refractivity contribution in [2.75, 3.05) is 24.7 Å². The van der Waals surface area contributed by atoms with Crippen molar-refractivity contribution in [3.8, 4) is 5.75 Å². The third kappa shape index (κ3) is 3.33. The van der Waals surface area contributed by atoms with Crippen LogP contribution in [0.2, 0.25) is 0 Å². The van der Waals surface area contributed by atoms with Crippen molar-refractivity contribution in [1.82, 2.24) is 0 Å². The first-order valence-electron chi connectivity index (χ1n) is 5.88. The Hall–Kier alpha value is -1.38. The van der Waals surface area contributed by atoms with Crippen LogP contribution in [0.4, 0.5) is 11.4 Å². The molecule has 0 aliphatic heterocycles. The summed E-state index contributed by atoms with van der Waals surface area (Å²) in [6, 6.07) is 5.80. The number of hydrogen-bond acceptors (Lipinski definition) is 3. The Morgan fingerprint density at radius 1 is 1.31 bits per heavy atom. The number of anilines is 2. The molecule has 1 aromatic rings. The second-order valence-electron chi connectivity index (χ2n) is 4.02. The topological polar surface area (TPSA) is 47.3 Å². The molecule has 1 rings (SSSR count). The molecule has 0 amide bonds. The van der Waals surface area contributed by atoms with Gasteiger partial charge in [0.1, 0.15) is 5.75 Å². The van der Waals surface area contributed by atoms with Crippen LogP contribution in [0.25, 0.3) is 0 Å². The van der Waals surface area contributed by atoms with Crippen LogP contribution in [0.1, 0.15) is 26.7 Å². The fourth-order valence-corrected chi connectivity index (χ4v) is 1.66. The maximum Gasteiger partial charge on any atom is 0.143 e. The molecule has 1 aromatic carbocycles. The Morgan fingerprint density at radius 2 is 2.00 bits per heavy atom. The van der Waals surface area contributed by atoms with Crippen molar-refractivity contribution in [3.05, 3.63) is 18.2 Å². The highest BCUT2D eigenvalue weighted by Gasteiger charge is 2.04. The first-order valence-corrected chi connectivity index (χ1v) is 5.88. The first kappa shape index (κ1) is 12.7. The van der Waals surface area contributed by atoms with E-state index < -0.39 is 0 Å². The lowest BCUT2D eigenvalue weighted by Crippen LogP contribution is -2.12. The quantitative estimate of drug-likeness (QED) is 0.727. The fourth-order valence-electron chi connectivity index (χ4n) is 1.66. The van der Waals surface area contributed by atoms with E-state index in [9.17, 15) is 0 Å². The second kappa shape index (κ2) is 6.26. The molecule has 0 aliphatic carbocycles. The van der Waals surface area contributed by atoms with Crippen LogP contribution in [-0.2, 0) is 0 Å². The predicted molar refractivity (Wildman–Crippen MR) is 70.0 cm³/mol. The number of benzene rings is 1. The van der Waals surface area contributed by atoms with E-state index in [1.165, 1.54) is 12.8 Å². The molecule has 0 unspecified atom stereocenters. The largest absolute Gasteiger partial charge is 0.495 e. The number of methoxy groups -OCH3 is 1. The lowest BCUT2D eigenvalue weighted by atomic mass is 10.0. The minimum atomic E-state index is 0.676. The molecule has 3 heteroatoms. The Morgan fingerprint density at radius 3 is 2.56 bits per heavy atom. The third-order valence-electron chi connectivity index (χ3n) is 2.98. The summed E-state index contributed by atoms with van der Waals surface area (Å²) in [5.41, 5.74) is 7.50. The summed E-state index contributed by atoms with van der Waals surface area (Å²) in [4.78, 5) is 0. The summed E-state index contributed by atoms with van der Waals surface area (Å²) in [5, 5.41) is 3.41. The molecule has 0 saturated heterocycles. The van der Waals surface area contributed by atoms with Gasteiger partial charge in [0.15, 0.2) is 0 Å². The molecule has 0 fully saturated rings. The molecule has 0 spiro atoms. The zero-order chi connectivity index (χ0) is 12.0. The van der Waals surface area contributed by atoms with Gasteiger partial charge in [-0.2, -0.15) is 0 Å². The second-order valence-corrected chi connectivity index (χ2v) is 4.02. The summed E-state index contributed by atoms with van der Waals surface area (Å²) in [6.07, 6.45) is 2.41. The van der Waals surface area contributed by atoms with Crippen LogP contribution in [0.3, 0.4) is 0 Å². The lowest BCUT2D eigenvalue weighted by molar-refractivity contribution is 0.417. The lowest BCUT2D eigenvalue weighted by Gasteiger charge is -2.15. The maximum absolute atomic E-state index is 5.76. The van der Waals surface area contributed by atoms with Crippen molar-refractivity contribution in [1.29, 1.82) is 0 Å². The number of nitrogens with one attached hydrogen (secondary N) is 1. The number of nitrogens with two attached hydrogens (primary N) is 1. The molecule has 0 saturated carbocycles. The van der Waals surface area contributed by atoms with Crippen LogP contribution in [0.5, 0.6) is 5.75 Å². The molecule has 3 N–H and O–H groups in total. The smallest absolute Gasteiger partial charge is 0.143 e. The van der Waals surface area contributed by atoms with E-state index in [1.54, 1.807) is 7.11 Å². The monoisotopic (exact) mass is 222 g/mol. The van der Waals surface area contributed by atoms with Crippen LogP contribution >= 0.6 is 0 Å². The fraction of sp³-hybridized carbons (Fsp3) is 0.538. The van der Waals surface area contributed by atoms with Gasteiger partial charge in [-0.05, 0) is 18.1 Å². The SMILES string of the molecule is CCC(CC)CNc1ccc(N)c(OC)c1. The van der Waals surface area contributed by atoms with Gasteiger partial charge >= 0.3 is 0 Å². The van der Waals surface area contributed by atoms with Crippen LogP contribution in [0, 0.1) is 5.92 Å². The van der Waals surface area contributed by atoms with E-state index in [4.69, 9.17) is 10.5 Å². The minimum absolute atomic E-state index is 0.676.